The van der Waals surface area contributed by atoms with Crippen LogP contribution in [0.25, 0.3) is 0 Å². The second-order valence-electron chi connectivity index (χ2n) is 4.58. The fourth-order valence-corrected chi connectivity index (χ4v) is 4.64. The van der Waals surface area contributed by atoms with Gasteiger partial charge < -0.3 is 5.32 Å². The SMILES string of the molecule is Clc1c(C2CCNC2)sc2c1CCCC2. The second kappa shape index (κ2) is 4.08. The first-order valence-electron chi connectivity index (χ1n) is 5.87. The van der Waals surface area contributed by atoms with E-state index in [0.29, 0.717) is 5.92 Å². The number of nitrogens with one attached hydrogen (secondary N) is 1. The van der Waals surface area contributed by atoms with Crippen LogP contribution in [0.4, 0.5) is 0 Å². The maximum Gasteiger partial charge on any atom is 0.0583 e. The van der Waals surface area contributed by atoms with Crippen molar-refractivity contribution in [2.75, 3.05) is 13.1 Å². The van der Waals surface area contributed by atoms with Crippen molar-refractivity contribution in [3.05, 3.63) is 20.3 Å². The molecule has 1 atom stereocenters. The summed E-state index contributed by atoms with van der Waals surface area (Å²) < 4.78 is 0. The predicted octanol–water partition coefficient (Wildman–Crippen LogP) is 3.36. The number of rotatable bonds is 1. The average Bonchev–Trinajstić information content (AvgIpc) is 2.87. The van der Waals surface area contributed by atoms with Gasteiger partial charge in [0.1, 0.15) is 0 Å². The molecule has 2 aliphatic rings. The molecule has 0 saturated carbocycles. The van der Waals surface area contributed by atoms with Gasteiger partial charge in [-0.15, -0.1) is 11.3 Å². The van der Waals surface area contributed by atoms with Gasteiger partial charge in [0.05, 0.1) is 5.02 Å². The number of hydrogen-bond donors (Lipinski definition) is 1. The minimum Gasteiger partial charge on any atom is -0.316 e. The lowest BCUT2D eigenvalue weighted by Crippen LogP contribution is -2.07. The van der Waals surface area contributed by atoms with Gasteiger partial charge in [-0.25, -0.2) is 0 Å². The van der Waals surface area contributed by atoms with Crippen molar-refractivity contribution >= 4 is 22.9 Å². The van der Waals surface area contributed by atoms with E-state index in [-0.39, 0.29) is 0 Å². The van der Waals surface area contributed by atoms with Crippen LogP contribution in [-0.2, 0) is 12.8 Å². The highest BCUT2D eigenvalue weighted by atomic mass is 35.5. The molecule has 1 aliphatic carbocycles. The highest BCUT2D eigenvalue weighted by molar-refractivity contribution is 7.13. The van der Waals surface area contributed by atoms with E-state index in [9.17, 15) is 0 Å². The van der Waals surface area contributed by atoms with Crippen molar-refractivity contribution in [3.8, 4) is 0 Å². The third kappa shape index (κ3) is 1.73. The lowest BCUT2D eigenvalue weighted by Gasteiger charge is -2.10. The smallest absolute Gasteiger partial charge is 0.0583 e. The van der Waals surface area contributed by atoms with Crippen LogP contribution < -0.4 is 5.32 Å². The highest BCUT2D eigenvalue weighted by Crippen LogP contribution is 2.42. The molecule has 1 aliphatic heterocycles. The van der Waals surface area contributed by atoms with Crippen LogP contribution in [0.15, 0.2) is 0 Å². The van der Waals surface area contributed by atoms with Crippen LogP contribution >= 0.6 is 22.9 Å². The van der Waals surface area contributed by atoms with Crippen LogP contribution in [-0.4, -0.2) is 13.1 Å². The molecule has 0 radical (unpaired) electrons. The van der Waals surface area contributed by atoms with Crippen LogP contribution in [0.5, 0.6) is 0 Å². The minimum absolute atomic E-state index is 0.688. The van der Waals surface area contributed by atoms with E-state index in [4.69, 9.17) is 11.6 Å². The highest BCUT2D eigenvalue weighted by Gasteiger charge is 2.26. The summed E-state index contributed by atoms with van der Waals surface area (Å²) in [7, 11) is 0. The Hall–Kier alpha value is -0.0500. The monoisotopic (exact) mass is 241 g/mol. The number of aryl methyl sites for hydroxylation is 1. The molecule has 1 aromatic heterocycles. The molecule has 3 heteroatoms. The topological polar surface area (TPSA) is 12.0 Å². The molecule has 3 rings (SSSR count). The summed E-state index contributed by atoms with van der Waals surface area (Å²) >= 11 is 8.49. The molecular weight excluding hydrogens is 226 g/mol. The summed E-state index contributed by atoms with van der Waals surface area (Å²) in [6.45, 7) is 2.28. The molecule has 1 fully saturated rings. The molecule has 2 heterocycles. The Morgan fingerprint density at radius 1 is 1.27 bits per heavy atom. The van der Waals surface area contributed by atoms with Crippen molar-refractivity contribution in [1.29, 1.82) is 0 Å². The van der Waals surface area contributed by atoms with Crippen LogP contribution in [0.2, 0.25) is 5.02 Å². The van der Waals surface area contributed by atoms with E-state index < -0.39 is 0 Å². The number of hydrogen-bond acceptors (Lipinski definition) is 2. The number of thiophene rings is 1. The first-order valence-corrected chi connectivity index (χ1v) is 7.06. The van der Waals surface area contributed by atoms with Crippen molar-refractivity contribution in [2.45, 2.75) is 38.0 Å². The van der Waals surface area contributed by atoms with Crippen LogP contribution in [0, 0.1) is 0 Å². The minimum atomic E-state index is 0.688. The first kappa shape index (κ1) is 10.1. The molecule has 1 aromatic rings. The van der Waals surface area contributed by atoms with Gasteiger partial charge in [-0.3, -0.25) is 0 Å². The van der Waals surface area contributed by atoms with Gasteiger partial charge in [-0.1, -0.05) is 11.6 Å². The molecule has 0 bridgehead atoms. The quantitative estimate of drug-likeness (QED) is 0.795. The fourth-order valence-electron chi connectivity index (χ4n) is 2.69. The Kier molecular flexibility index (Phi) is 2.75. The maximum absolute atomic E-state index is 6.50. The van der Waals surface area contributed by atoms with Gasteiger partial charge in [0.25, 0.3) is 0 Å². The van der Waals surface area contributed by atoms with Gasteiger partial charge in [-0.05, 0) is 44.2 Å². The molecule has 82 valence electrons. The third-order valence-electron chi connectivity index (χ3n) is 3.56. The van der Waals surface area contributed by atoms with Gasteiger partial charge in [-0.2, -0.15) is 0 Å². The molecule has 1 saturated heterocycles. The summed E-state index contributed by atoms with van der Waals surface area (Å²) in [6, 6.07) is 0. The first-order chi connectivity index (χ1) is 7.36. The lowest BCUT2D eigenvalue weighted by molar-refractivity contribution is 0.696. The summed E-state index contributed by atoms with van der Waals surface area (Å²) in [5.41, 5.74) is 1.48. The zero-order chi connectivity index (χ0) is 10.3. The Labute approximate surface area is 99.8 Å². The normalized spacial score (nSPS) is 25.5. The van der Waals surface area contributed by atoms with Crippen LogP contribution in [0.1, 0.15) is 40.5 Å². The Morgan fingerprint density at radius 3 is 2.87 bits per heavy atom. The van der Waals surface area contributed by atoms with Crippen LogP contribution in [0.3, 0.4) is 0 Å². The van der Waals surface area contributed by atoms with E-state index >= 15 is 0 Å². The Morgan fingerprint density at radius 2 is 2.13 bits per heavy atom. The molecule has 0 aromatic carbocycles. The molecule has 0 amide bonds. The van der Waals surface area contributed by atoms with Crippen molar-refractivity contribution < 1.29 is 0 Å². The molecule has 15 heavy (non-hydrogen) atoms. The molecule has 0 spiro atoms. The Bertz CT molecular complexity index is 366. The zero-order valence-corrected chi connectivity index (χ0v) is 10.4. The molecule has 1 N–H and O–H groups in total. The molecular formula is C12H16ClNS. The van der Waals surface area contributed by atoms with Gasteiger partial charge in [0.2, 0.25) is 0 Å². The second-order valence-corrected chi connectivity index (χ2v) is 6.09. The third-order valence-corrected chi connectivity index (χ3v) is 5.56. The average molecular weight is 242 g/mol. The van der Waals surface area contributed by atoms with Crippen molar-refractivity contribution in [1.82, 2.24) is 5.32 Å². The largest absolute Gasteiger partial charge is 0.316 e. The van der Waals surface area contributed by atoms with E-state index in [1.807, 2.05) is 11.3 Å². The van der Waals surface area contributed by atoms with Gasteiger partial charge >= 0.3 is 0 Å². The fraction of sp³-hybridized carbons (Fsp3) is 0.667. The van der Waals surface area contributed by atoms with Gasteiger partial charge in [0, 0.05) is 22.2 Å². The maximum atomic E-state index is 6.50. The molecule has 1 unspecified atom stereocenters. The summed E-state index contributed by atoms with van der Waals surface area (Å²) in [4.78, 5) is 3.04. The standard InChI is InChI=1S/C12H16ClNS/c13-11-9-3-1-2-4-10(9)15-12(11)8-5-6-14-7-8/h8,14H,1-7H2. The summed E-state index contributed by atoms with van der Waals surface area (Å²) in [6.07, 6.45) is 6.42. The molecule has 1 nitrogen and oxygen atoms in total. The number of fused-ring (bicyclic) bond motifs is 1. The van der Waals surface area contributed by atoms with Crippen molar-refractivity contribution in [3.63, 3.8) is 0 Å². The lowest BCUT2D eigenvalue weighted by atomic mass is 9.97. The van der Waals surface area contributed by atoms with Gasteiger partial charge in [0.15, 0.2) is 0 Å². The van der Waals surface area contributed by atoms with E-state index in [1.54, 1.807) is 4.88 Å². The van der Waals surface area contributed by atoms with E-state index in [2.05, 4.69) is 5.32 Å². The summed E-state index contributed by atoms with van der Waals surface area (Å²) in [5.74, 6) is 0.688. The van der Waals surface area contributed by atoms with Crippen molar-refractivity contribution in [2.24, 2.45) is 0 Å². The van der Waals surface area contributed by atoms with E-state index in [0.717, 1.165) is 18.1 Å². The number of halogens is 1. The zero-order valence-electron chi connectivity index (χ0n) is 8.81. The summed E-state index contributed by atoms with van der Waals surface area (Å²) in [5, 5.41) is 4.54. The predicted molar refractivity (Wildman–Crippen MR) is 66.2 cm³/mol. The van der Waals surface area contributed by atoms with E-state index in [1.165, 1.54) is 42.5 Å². The Balaban J connectivity index is 1.97.